The van der Waals surface area contributed by atoms with Crippen molar-refractivity contribution in [1.82, 2.24) is 4.90 Å². The van der Waals surface area contributed by atoms with Crippen molar-refractivity contribution in [2.24, 2.45) is 0 Å². The highest BCUT2D eigenvalue weighted by molar-refractivity contribution is 7.92. The Morgan fingerprint density at radius 2 is 1.92 bits per heavy atom. The van der Waals surface area contributed by atoms with Gasteiger partial charge in [-0.2, -0.15) is 0 Å². The number of rotatable bonds is 4. The lowest BCUT2D eigenvalue weighted by Gasteiger charge is -2.29. The van der Waals surface area contributed by atoms with E-state index < -0.39 is 16.0 Å². The molecule has 142 valence electrons. The maximum Gasteiger partial charge on any atom is 0.338 e. The number of anilines is 1. The third-order valence-electron chi connectivity index (χ3n) is 4.48. The third-order valence-corrected chi connectivity index (χ3v) is 5.66. The molecule has 0 N–H and O–H groups in total. The topological polar surface area (TPSA) is 93.2 Å². The molecule has 1 saturated heterocycles. The van der Waals surface area contributed by atoms with Crippen molar-refractivity contribution in [3.8, 4) is 0 Å². The fraction of sp³-hybridized carbons (Fsp3) is 0.529. The van der Waals surface area contributed by atoms with Crippen molar-refractivity contribution in [3.63, 3.8) is 0 Å². The van der Waals surface area contributed by atoms with Gasteiger partial charge in [-0.1, -0.05) is 0 Å². The molecule has 0 aromatic heterocycles. The summed E-state index contributed by atoms with van der Waals surface area (Å²) in [7, 11) is -3.35. The van der Waals surface area contributed by atoms with Gasteiger partial charge in [-0.05, 0) is 36.6 Å². The van der Waals surface area contributed by atoms with E-state index in [1.54, 1.807) is 17.0 Å². The second-order valence-corrected chi connectivity index (χ2v) is 8.26. The molecule has 2 aliphatic heterocycles. The largest absolute Gasteiger partial charge is 0.452 e. The van der Waals surface area contributed by atoms with Crippen LogP contribution in [0.1, 0.15) is 22.3 Å². The van der Waals surface area contributed by atoms with Crippen LogP contribution in [0.2, 0.25) is 0 Å². The molecule has 2 aliphatic rings. The Labute approximate surface area is 152 Å². The minimum atomic E-state index is -3.35. The smallest absolute Gasteiger partial charge is 0.338 e. The molecule has 1 fully saturated rings. The van der Waals surface area contributed by atoms with Crippen LogP contribution in [0, 0.1) is 0 Å². The van der Waals surface area contributed by atoms with E-state index in [1.165, 1.54) is 16.6 Å². The molecule has 3 rings (SSSR count). The van der Waals surface area contributed by atoms with Crippen LogP contribution in [0.15, 0.2) is 18.2 Å². The highest BCUT2D eigenvalue weighted by atomic mass is 32.2. The summed E-state index contributed by atoms with van der Waals surface area (Å²) in [5, 5.41) is 0. The molecular weight excluding hydrogens is 360 g/mol. The van der Waals surface area contributed by atoms with Gasteiger partial charge in [0, 0.05) is 19.6 Å². The number of amides is 1. The molecule has 0 radical (unpaired) electrons. The number of fused-ring (bicyclic) bond motifs is 1. The van der Waals surface area contributed by atoms with Gasteiger partial charge in [-0.3, -0.25) is 9.10 Å². The maximum absolute atomic E-state index is 12.2. The summed E-state index contributed by atoms with van der Waals surface area (Å²) in [5.74, 6) is -0.839. The monoisotopic (exact) mass is 382 g/mol. The van der Waals surface area contributed by atoms with Gasteiger partial charge in [0.15, 0.2) is 6.61 Å². The third kappa shape index (κ3) is 4.16. The number of ether oxygens (including phenoxy) is 2. The van der Waals surface area contributed by atoms with Gasteiger partial charge in [0.05, 0.1) is 30.7 Å². The van der Waals surface area contributed by atoms with E-state index >= 15 is 0 Å². The molecule has 26 heavy (non-hydrogen) atoms. The fourth-order valence-corrected chi connectivity index (χ4v) is 4.14. The number of hydrogen-bond acceptors (Lipinski definition) is 6. The molecule has 1 aromatic carbocycles. The molecule has 2 heterocycles. The zero-order valence-electron chi connectivity index (χ0n) is 14.6. The van der Waals surface area contributed by atoms with E-state index in [0.717, 1.165) is 5.56 Å². The van der Waals surface area contributed by atoms with Crippen LogP contribution in [0.25, 0.3) is 0 Å². The van der Waals surface area contributed by atoms with Crippen molar-refractivity contribution < 1.29 is 27.5 Å². The zero-order chi connectivity index (χ0) is 18.7. The van der Waals surface area contributed by atoms with Crippen molar-refractivity contribution in [1.29, 1.82) is 0 Å². The number of benzene rings is 1. The van der Waals surface area contributed by atoms with Crippen LogP contribution in [0.4, 0.5) is 5.69 Å². The van der Waals surface area contributed by atoms with Crippen LogP contribution in [0.3, 0.4) is 0 Å². The van der Waals surface area contributed by atoms with E-state index in [4.69, 9.17) is 9.47 Å². The van der Waals surface area contributed by atoms with Gasteiger partial charge in [-0.25, -0.2) is 13.2 Å². The lowest BCUT2D eigenvalue weighted by Crippen LogP contribution is -2.42. The normalized spacial score (nSPS) is 17.6. The Morgan fingerprint density at radius 1 is 1.19 bits per heavy atom. The second-order valence-electron chi connectivity index (χ2n) is 6.35. The Balaban J connectivity index is 1.66. The molecule has 0 unspecified atom stereocenters. The number of morpholine rings is 1. The number of nitrogens with zero attached hydrogens (tertiary/aromatic N) is 2. The number of sulfonamides is 1. The van der Waals surface area contributed by atoms with E-state index in [9.17, 15) is 18.0 Å². The molecule has 9 heteroatoms. The number of esters is 1. The molecule has 1 amide bonds. The van der Waals surface area contributed by atoms with Crippen molar-refractivity contribution in [2.75, 3.05) is 50.0 Å². The highest BCUT2D eigenvalue weighted by Gasteiger charge is 2.25. The summed E-state index contributed by atoms with van der Waals surface area (Å²) < 4.78 is 35.4. The standard InChI is InChI=1S/C17H22N2O6S/c1-26(22,23)19-6-2-3-13-11-14(4-5-15(13)19)17(21)25-12-16(20)18-7-9-24-10-8-18/h4-5,11H,2-3,6-10,12H2,1H3. The van der Waals surface area contributed by atoms with E-state index in [1.807, 2.05) is 0 Å². The lowest BCUT2D eigenvalue weighted by molar-refractivity contribution is -0.138. The molecule has 0 bridgehead atoms. The summed E-state index contributed by atoms with van der Waals surface area (Å²) in [6.45, 7) is 2.09. The van der Waals surface area contributed by atoms with Gasteiger partial charge < -0.3 is 14.4 Å². The van der Waals surface area contributed by atoms with Crippen LogP contribution >= 0.6 is 0 Å². The summed E-state index contributed by atoms with van der Waals surface area (Å²) in [4.78, 5) is 25.9. The zero-order valence-corrected chi connectivity index (χ0v) is 15.5. The molecular formula is C17H22N2O6S. The average Bonchev–Trinajstić information content (AvgIpc) is 2.64. The maximum atomic E-state index is 12.2. The predicted molar refractivity (Wildman–Crippen MR) is 94.6 cm³/mol. The predicted octanol–water partition coefficient (Wildman–Crippen LogP) is 0.414. The average molecular weight is 382 g/mol. The molecule has 0 saturated carbocycles. The van der Waals surface area contributed by atoms with Crippen molar-refractivity contribution in [2.45, 2.75) is 12.8 Å². The Morgan fingerprint density at radius 3 is 2.62 bits per heavy atom. The van der Waals surface area contributed by atoms with Gasteiger partial charge >= 0.3 is 5.97 Å². The Hall–Kier alpha value is -2.13. The van der Waals surface area contributed by atoms with E-state index in [2.05, 4.69) is 0 Å². The summed E-state index contributed by atoms with van der Waals surface area (Å²) in [6, 6.07) is 4.80. The molecule has 0 aliphatic carbocycles. The first-order valence-electron chi connectivity index (χ1n) is 8.49. The summed E-state index contributed by atoms with van der Waals surface area (Å²) in [6.07, 6.45) is 2.55. The lowest BCUT2D eigenvalue weighted by atomic mass is 10.0. The van der Waals surface area contributed by atoms with E-state index in [0.29, 0.717) is 56.9 Å². The first-order valence-corrected chi connectivity index (χ1v) is 10.3. The quantitative estimate of drug-likeness (QED) is 0.701. The van der Waals surface area contributed by atoms with E-state index in [-0.39, 0.29) is 12.5 Å². The Bertz CT molecular complexity index is 801. The highest BCUT2D eigenvalue weighted by Crippen LogP contribution is 2.30. The van der Waals surface area contributed by atoms with Crippen LogP contribution in [0.5, 0.6) is 0 Å². The summed E-state index contributed by atoms with van der Waals surface area (Å²) in [5.41, 5.74) is 1.70. The van der Waals surface area contributed by atoms with Gasteiger partial charge in [0.25, 0.3) is 5.91 Å². The first kappa shape index (κ1) is 18.7. The summed E-state index contributed by atoms with van der Waals surface area (Å²) >= 11 is 0. The van der Waals surface area contributed by atoms with Gasteiger partial charge in [0.2, 0.25) is 10.0 Å². The minimum Gasteiger partial charge on any atom is -0.452 e. The first-order chi connectivity index (χ1) is 12.4. The second kappa shape index (κ2) is 7.63. The van der Waals surface area contributed by atoms with Crippen LogP contribution < -0.4 is 4.31 Å². The minimum absolute atomic E-state index is 0.247. The number of carbonyl (C=O) groups is 2. The van der Waals surface area contributed by atoms with Crippen LogP contribution in [-0.4, -0.2) is 70.9 Å². The number of carbonyl (C=O) groups excluding carboxylic acids is 2. The van der Waals surface area contributed by atoms with Gasteiger partial charge in [-0.15, -0.1) is 0 Å². The number of hydrogen-bond donors (Lipinski definition) is 0. The molecule has 0 spiro atoms. The van der Waals surface area contributed by atoms with Gasteiger partial charge in [0.1, 0.15) is 0 Å². The SMILES string of the molecule is CS(=O)(=O)N1CCCc2cc(C(=O)OCC(=O)N3CCOCC3)ccc21. The fourth-order valence-electron chi connectivity index (χ4n) is 3.15. The molecule has 8 nitrogen and oxygen atoms in total. The van der Waals surface area contributed by atoms with Crippen molar-refractivity contribution >= 4 is 27.6 Å². The van der Waals surface area contributed by atoms with Crippen LogP contribution in [-0.2, 0) is 30.7 Å². The molecule has 1 aromatic rings. The van der Waals surface area contributed by atoms with Crippen molar-refractivity contribution in [3.05, 3.63) is 29.3 Å². The number of aryl methyl sites for hydroxylation is 1. The Kier molecular flexibility index (Phi) is 5.47. The molecule has 0 atom stereocenters.